The molecule has 382 valence electrons. The number of benzene rings is 12. The second-order valence-corrected chi connectivity index (χ2v) is 21.1. The van der Waals surface area contributed by atoms with Gasteiger partial charge in [0.25, 0.3) is 0 Å². The first-order valence-corrected chi connectivity index (χ1v) is 27.9. The molecular weight excluding hydrogens is 999 g/mol. The Morgan fingerprint density at radius 2 is 0.512 bits per heavy atom. The van der Waals surface area contributed by atoms with Crippen molar-refractivity contribution in [2.45, 2.75) is 0 Å². The Morgan fingerprint density at radius 1 is 0.195 bits per heavy atom. The third-order valence-electron chi connectivity index (χ3n) is 16.6. The Balaban J connectivity index is 0.922. The van der Waals surface area contributed by atoms with Crippen LogP contribution in [0.5, 0.6) is 0 Å². The molecule has 0 unspecified atom stereocenters. The van der Waals surface area contributed by atoms with Gasteiger partial charge >= 0.3 is 0 Å². The first-order valence-electron chi connectivity index (χ1n) is 27.9. The van der Waals surface area contributed by atoms with Crippen LogP contribution in [0, 0.1) is 0 Å². The zero-order valence-electron chi connectivity index (χ0n) is 44.3. The van der Waals surface area contributed by atoms with Crippen LogP contribution in [0.25, 0.3) is 155 Å². The van der Waals surface area contributed by atoms with Crippen LogP contribution in [-0.4, -0.2) is 33.2 Å². The van der Waals surface area contributed by atoms with Crippen molar-refractivity contribution in [3.63, 3.8) is 0 Å². The van der Waals surface area contributed by atoms with Crippen molar-refractivity contribution in [2.24, 2.45) is 0 Å². The highest BCUT2D eigenvalue weighted by Crippen LogP contribution is 2.44. The predicted molar refractivity (Wildman–Crippen MR) is 339 cm³/mol. The van der Waals surface area contributed by atoms with E-state index in [9.17, 15) is 0 Å². The van der Waals surface area contributed by atoms with E-state index in [-0.39, 0.29) is 0 Å². The number of rotatable bonds is 8. The number of para-hydroxylation sites is 7. The molecule has 0 aliphatic heterocycles. The van der Waals surface area contributed by atoms with Gasteiger partial charge in [0.1, 0.15) is 0 Å². The second kappa shape index (κ2) is 18.2. The molecule has 0 radical (unpaired) electrons. The smallest absolute Gasteiger partial charge is 0.164 e. The third-order valence-corrected chi connectivity index (χ3v) is 16.6. The molecule has 0 spiro atoms. The number of fused-ring (bicyclic) bond motifs is 12. The van der Waals surface area contributed by atoms with Crippen LogP contribution in [0.2, 0.25) is 0 Å². The quantitative estimate of drug-likeness (QED) is 0.152. The van der Waals surface area contributed by atoms with Crippen molar-refractivity contribution in [3.05, 3.63) is 285 Å². The molecule has 7 heteroatoms. The minimum atomic E-state index is 0.588. The van der Waals surface area contributed by atoms with Gasteiger partial charge < -0.3 is 18.3 Å². The predicted octanol–water partition coefficient (Wildman–Crippen LogP) is 18.9. The molecule has 82 heavy (non-hydrogen) atoms. The Kier molecular flexibility index (Phi) is 10.2. The van der Waals surface area contributed by atoms with Crippen molar-refractivity contribution in [2.75, 3.05) is 0 Å². The zero-order valence-corrected chi connectivity index (χ0v) is 44.3. The van der Waals surface area contributed by atoms with Gasteiger partial charge in [-0.15, -0.1) is 0 Å². The molecule has 0 atom stereocenters. The molecule has 0 amide bonds. The van der Waals surface area contributed by atoms with E-state index in [0.717, 1.165) is 78.0 Å². The maximum Gasteiger partial charge on any atom is 0.164 e. The SMILES string of the molecule is c1ccc(-c2nc(-c3ccccc3)nc(-c3ccc(-n4c5ccccc5c5cc(-n6c7ccccc7c7ccccc76)ccc54)c(-c4ccccc4-n4c5ccccc5c5cc(-n6c7ccccc7c7ccccc76)ccc54)c3)n2)cc1. The highest BCUT2D eigenvalue weighted by atomic mass is 15.0. The van der Waals surface area contributed by atoms with Gasteiger partial charge in [0.2, 0.25) is 0 Å². The Bertz CT molecular complexity index is 5250. The summed E-state index contributed by atoms with van der Waals surface area (Å²) in [6.07, 6.45) is 0. The normalized spacial score (nSPS) is 11.9. The minimum absolute atomic E-state index is 0.588. The summed E-state index contributed by atoms with van der Waals surface area (Å²) < 4.78 is 9.73. The standard InChI is InChI=1S/C75H47N7/c1-3-21-48(22-4-1)73-76-74(49-23-5-2-6-24-49)78-75(77-73)50-39-42-70(82-69-38-20-13-31-59(69)62-47-52(41-44-72(62)82)80-65-34-16-9-27-55(65)56-28-10-17-35-66(56)80)60(45-50)57-29-11-18-36-67(57)81-68-37-19-12-30-58(68)61-46-51(40-43-71(61)81)79-63-32-14-7-25-53(63)54-26-8-15-33-64(54)79/h1-47H. The Hall–Kier alpha value is -11.2. The topological polar surface area (TPSA) is 58.4 Å². The summed E-state index contributed by atoms with van der Waals surface area (Å²) in [5.41, 5.74) is 18.3. The second-order valence-electron chi connectivity index (χ2n) is 21.1. The van der Waals surface area contributed by atoms with Gasteiger partial charge in [0.05, 0.1) is 55.5 Å². The van der Waals surface area contributed by atoms with Crippen LogP contribution in [0.1, 0.15) is 0 Å². The molecule has 7 nitrogen and oxygen atoms in total. The fourth-order valence-electron chi connectivity index (χ4n) is 13.0. The van der Waals surface area contributed by atoms with Crippen LogP contribution >= 0.6 is 0 Å². The molecule has 5 aromatic heterocycles. The molecule has 0 saturated carbocycles. The molecule has 0 N–H and O–H groups in total. The van der Waals surface area contributed by atoms with Crippen LogP contribution in [0.4, 0.5) is 0 Å². The van der Waals surface area contributed by atoms with Crippen molar-refractivity contribution < 1.29 is 0 Å². The van der Waals surface area contributed by atoms with E-state index in [4.69, 9.17) is 15.0 Å². The molecule has 17 rings (SSSR count). The monoisotopic (exact) mass is 1050 g/mol. The van der Waals surface area contributed by atoms with E-state index in [0.29, 0.717) is 17.5 Å². The van der Waals surface area contributed by atoms with Gasteiger partial charge in [0, 0.05) is 82.3 Å². The fourth-order valence-corrected chi connectivity index (χ4v) is 13.0. The summed E-state index contributed by atoms with van der Waals surface area (Å²) >= 11 is 0. The number of hydrogen-bond donors (Lipinski definition) is 0. The Morgan fingerprint density at radius 3 is 0.939 bits per heavy atom. The van der Waals surface area contributed by atoms with Crippen molar-refractivity contribution in [3.8, 4) is 68.0 Å². The van der Waals surface area contributed by atoms with Gasteiger partial charge in [-0.3, -0.25) is 0 Å². The van der Waals surface area contributed by atoms with E-state index >= 15 is 0 Å². The van der Waals surface area contributed by atoms with Gasteiger partial charge in [-0.2, -0.15) is 0 Å². The van der Waals surface area contributed by atoms with Crippen LogP contribution < -0.4 is 0 Å². The van der Waals surface area contributed by atoms with E-state index in [1.165, 1.54) is 59.8 Å². The minimum Gasteiger partial charge on any atom is -0.309 e. The van der Waals surface area contributed by atoms with Crippen molar-refractivity contribution >= 4 is 87.2 Å². The molecular formula is C75H47N7. The maximum atomic E-state index is 5.29. The lowest BCUT2D eigenvalue weighted by atomic mass is 9.98. The van der Waals surface area contributed by atoms with Crippen molar-refractivity contribution in [1.82, 2.24) is 33.2 Å². The lowest BCUT2D eigenvalue weighted by Crippen LogP contribution is -2.03. The summed E-state index contributed by atoms with van der Waals surface area (Å²) in [6, 6.07) is 103. The molecule has 0 saturated heterocycles. The molecule has 0 aliphatic carbocycles. The van der Waals surface area contributed by atoms with Crippen molar-refractivity contribution in [1.29, 1.82) is 0 Å². The number of hydrogen-bond acceptors (Lipinski definition) is 3. The molecule has 12 aromatic carbocycles. The lowest BCUT2D eigenvalue weighted by molar-refractivity contribution is 1.07. The number of aromatic nitrogens is 7. The van der Waals surface area contributed by atoms with Gasteiger partial charge in [-0.05, 0) is 97.1 Å². The third kappa shape index (κ3) is 7.00. The first-order chi connectivity index (χ1) is 40.7. The van der Waals surface area contributed by atoms with Gasteiger partial charge in [-0.1, -0.05) is 188 Å². The van der Waals surface area contributed by atoms with E-state index in [1.54, 1.807) is 0 Å². The summed E-state index contributed by atoms with van der Waals surface area (Å²) in [4.78, 5) is 15.7. The van der Waals surface area contributed by atoms with Gasteiger partial charge in [0.15, 0.2) is 17.5 Å². The average molecular weight is 1050 g/mol. The number of nitrogens with zero attached hydrogens (tertiary/aromatic N) is 7. The van der Waals surface area contributed by atoms with E-state index in [1.807, 2.05) is 36.4 Å². The van der Waals surface area contributed by atoms with E-state index in [2.05, 4.69) is 267 Å². The average Bonchev–Trinajstić information content (AvgIpc) is 4.42. The maximum absolute atomic E-state index is 5.29. The largest absolute Gasteiger partial charge is 0.309 e. The Labute approximate surface area is 471 Å². The van der Waals surface area contributed by atoms with Crippen LogP contribution in [0.15, 0.2) is 285 Å². The fraction of sp³-hybridized carbons (Fsp3) is 0. The van der Waals surface area contributed by atoms with Crippen LogP contribution in [-0.2, 0) is 0 Å². The highest BCUT2D eigenvalue weighted by Gasteiger charge is 2.24. The highest BCUT2D eigenvalue weighted by molar-refractivity contribution is 6.15. The van der Waals surface area contributed by atoms with Gasteiger partial charge in [-0.25, -0.2) is 15.0 Å². The molecule has 0 bridgehead atoms. The summed E-state index contributed by atoms with van der Waals surface area (Å²) in [7, 11) is 0. The van der Waals surface area contributed by atoms with E-state index < -0.39 is 0 Å². The molecule has 5 heterocycles. The molecule has 0 aliphatic rings. The lowest BCUT2D eigenvalue weighted by Gasteiger charge is -2.20. The molecule has 17 aromatic rings. The summed E-state index contributed by atoms with van der Waals surface area (Å²) in [6.45, 7) is 0. The zero-order chi connectivity index (χ0) is 53.8. The summed E-state index contributed by atoms with van der Waals surface area (Å²) in [5, 5.41) is 9.64. The molecule has 0 fully saturated rings. The summed E-state index contributed by atoms with van der Waals surface area (Å²) in [5.74, 6) is 1.82. The van der Waals surface area contributed by atoms with Crippen LogP contribution in [0.3, 0.4) is 0 Å². The first kappa shape index (κ1) is 45.8.